The van der Waals surface area contributed by atoms with E-state index < -0.39 is 0 Å². The largest absolute Gasteiger partial charge is 0.489 e. The van der Waals surface area contributed by atoms with Crippen LogP contribution in [0, 0.1) is 11.7 Å². The lowest BCUT2D eigenvalue weighted by Gasteiger charge is -2.12. The van der Waals surface area contributed by atoms with Gasteiger partial charge in [0, 0.05) is 17.6 Å². The van der Waals surface area contributed by atoms with Crippen LogP contribution < -0.4 is 10.1 Å². The lowest BCUT2D eigenvalue weighted by atomic mass is 10.1. The summed E-state index contributed by atoms with van der Waals surface area (Å²) in [6, 6.07) is 4.53. The smallest absolute Gasteiger partial charge is 0.124 e. The number of ether oxygens (including phenoxy) is 1. The van der Waals surface area contributed by atoms with Crippen molar-refractivity contribution in [1.82, 2.24) is 5.32 Å². The Kier molecular flexibility index (Phi) is 6.76. The Labute approximate surface area is 113 Å². The summed E-state index contributed by atoms with van der Waals surface area (Å²) in [4.78, 5) is 0. The normalized spacial score (nSPS) is 11.4. The summed E-state index contributed by atoms with van der Waals surface area (Å²) in [5.74, 6) is 0.987. The second-order valence-corrected chi connectivity index (χ2v) is 4.70. The second kappa shape index (κ2) is 8.11. The first-order chi connectivity index (χ1) is 8.63. The molecular formula is C14H19ClFNO. The Balaban J connectivity index is 2.64. The van der Waals surface area contributed by atoms with Crippen molar-refractivity contribution in [3.8, 4) is 5.75 Å². The van der Waals surface area contributed by atoms with Gasteiger partial charge in [0.15, 0.2) is 0 Å². The molecule has 0 aliphatic heterocycles. The van der Waals surface area contributed by atoms with Gasteiger partial charge in [-0.05, 0) is 36.7 Å². The highest BCUT2D eigenvalue weighted by Crippen LogP contribution is 2.19. The van der Waals surface area contributed by atoms with Crippen molar-refractivity contribution in [3.05, 3.63) is 41.2 Å². The number of rotatable bonds is 7. The van der Waals surface area contributed by atoms with E-state index in [9.17, 15) is 4.39 Å². The fraction of sp³-hybridized carbons (Fsp3) is 0.429. The number of halogens is 2. The quantitative estimate of drug-likeness (QED) is 0.816. The zero-order chi connectivity index (χ0) is 13.4. The van der Waals surface area contributed by atoms with Crippen molar-refractivity contribution >= 4 is 11.6 Å². The van der Waals surface area contributed by atoms with Crippen molar-refractivity contribution in [2.24, 2.45) is 5.92 Å². The van der Waals surface area contributed by atoms with Gasteiger partial charge >= 0.3 is 0 Å². The molecule has 0 aliphatic rings. The van der Waals surface area contributed by atoms with Gasteiger partial charge in [-0.15, -0.1) is 0 Å². The average molecular weight is 272 g/mol. The fourth-order valence-electron chi connectivity index (χ4n) is 1.50. The van der Waals surface area contributed by atoms with Crippen LogP contribution in [0.5, 0.6) is 5.75 Å². The maximum absolute atomic E-state index is 13.2. The number of nitrogens with one attached hydrogen (secondary N) is 1. The van der Waals surface area contributed by atoms with Crippen LogP contribution >= 0.6 is 11.6 Å². The first-order valence-corrected chi connectivity index (χ1v) is 6.44. The lowest BCUT2D eigenvalue weighted by Crippen LogP contribution is -2.19. The summed E-state index contributed by atoms with van der Waals surface area (Å²) in [7, 11) is 0. The van der Waals surface area contributed by atoms with E-state index in [-0.39, 0.29) is 5.82 Å². The molecule has 100 valence electrons. The molecule has 0 saturated carbocycles. The van der Waals surface area contributed by atoms with E-state index in [0.29, 0.717) is 24.8 Å². The van der Waals surface area contributed by atoms with Gasteiger partial charge in [-0.25, -0.2) is 4.39 Å². The molecule has 0 heterocycles. The molecule has 4 heteroatoms. The van der Waals surface area contributed by atoms with Crippen molar-refractivity contribution in [2.75, 3.05) is 13.2 Å². The molecule has 0 radical (unpaired) electrons. The molecule has 0 unspecified atom stereocenters. The Bertz CT molecular complexity index is 393. The highest BCUT2D eigenvalue weighted by atomic mass is 35.5. The zero-order valence-corrected chi connectivity index (χ0v) is 11.5. The molecule has 0 spiro atoms. The van der Waals surface area contributed by atoms with Crippen LogP contribution in [-0.2, 0) is 6.54 Å². The van der Waals surface area contributed by atoms with E-state index in [1.165, 1.54) is 17.7 Å². The van der Waals surface area contributed by atoms with Gasteiger partial charge in [0.25, 0.3) is 0 Å². The van der Waals surface area contributed by atoms with Crippen LogP contribution in [0.2, 0.25) is 0 Å². The highest BCUT2D eigenvalue weighted by Gasteiger charge is 2.05. The third-order valence-corrected chi connectivity index (χ3v) is 2.49. The van der Waals surface area contributed by atoms with Gasteiger partial charge in [0.1, 0.15) is 18.2 Å². The second-order valence-electron chi connectivity index (χ2n) is 4.45. The molecule has 1 N–H and O–H groups in total. The minimum Gasteiger partial charge on any atom is -0.489 e. The molecule has 0 fully saturated rings. The lowest BCUT2D eigenvalue weighted by molar-refractivity contribution is 0.356. The van der Waals surface area contributed by atoms with Crippen LogP contribution in [0.1, 0.15) is 19.4 Å². The third-order valence-electron chi connectivity index (χ3n) is 2.31. The predicted molar refractivity (Wildman–Crippen MR) is 73.4 cm³/mol. The van der Waals surface area contributed by atoms with Gasteiger partial charge in [-0.1, -0.05) is 25.4 Å². The van der Waals surface area contributed by atoms with Crippen molar-refractivity contribution < 1.29 is 9.13 Å². The molecule has 1 rings (SSSR count). The Morgan fingerprint density at radius 3 is 2.89 bits per heavy atom. The molecule has 0 saturated heterocycles. The van der Waals surface area contributed by atoms with Crippen LogP contribution in [0.3, 0.4) is 0 Å². The summed E-state index contributed by atoms with van der Waals surface area (Å²) in [6.07, 6.45) is 1.69. The van der Waals surface area contributed by atoms with Crippen molar-refractivity contribution in [3.63, 3.8) is 0 Å². The monoisotopic (exact) mass is 271 g/mol. The van der Waals surface area contributed by atoms with Crippen LogP contribution in [0.4, 0.5) is 4.39 Å². The molecule has 1 aromatic rings. The SMILES string of the molecule is CC(C)CNCc1cc(F)ccc1OC/C=C/Cl. The number of benzene rings is 1. The van der Waals surface area contributed by atoms with Gasteiger partial charge in [-0.2, -0.15) is 0 Å². The molecule has 0 aliphatic carbocycles. The summed E-state index contributed by atoms with van der Waals surface area (Å²) < 4.78 is 18.7. The number of hydrogen-bond acceptors (Lipinski definition) is 2. The van der Waals surface area contributed by atoms with E-state index >= 15 is 0 Å². The molecule has 0 bridgehead atoms. The van der Waals surface area contributed by atoms with Gasteiger partial charge in [0.05, 0.1) is 0 Å². The van der Waals surface area contributed by atoms with E-state index in [4.69, 9.17) is 16.3 Å². The number of hydrogen-bond donors (Lipinski definition) is 1. The van der Waals surface area contributed by atoms with Crippen LogP contribution in [0.25, 0.3) is 0 Å². The molecule has 2 nitrogen and oxygen atoms in total. The van der Waals surface area contributed by atoms with Crippen LogP contribution in [0.15, 0.2) is 29.8 Å². The average Bonchev–Trinajstić information content (AvgIpc) is 2.31. The Morgan fingerprint density at radius 1 is 1.44 bits per heavy atom. The fourth-order valence-corrected chi connectivity index (χ4v) is 1.57. The Hall–Kier alpha value is -1.06. The van der Waals surface area contributed by atoms with Crippen molar-refractivity contribution in [1.29, 1.82) is 0 Å². The molecule has 1 aromatic carbocycles. The third kappa shape index (κ3) is 5.52. The summed E-state index contributed by atoms with van der Waals surface area (Å²) in [5, 5.41) is 3.27. The summed E-state index contributed by atoms with van der Waals surface area (Å²) in [6.45, 7) is 6.11. The topological polar surface area (TPSA) is 21.3 Å². The molecule has 18 heavy (non-hydrogen) atoms. The minimum absolute atomic E-state index is 0.253. The maximum atomic E-state index is 13.2. The van der Waals surface area contributed by atoms with Gasteiger partial charge in [0.2, 0.25) is 0 Å². The molecular weight excluding hydrogens is 253 g/mol. The first-order valence-electron chi connectivity index (χ1n) is 6.00. The van der Waals surface area contributed by atoms with E-state index in [2.05, 4.69) is 19.2 Å². The van der Waals surface area contributed by atoms with Crippen LogP contribution in [-0.4, -0.2) is 13.2 Å². The maximum Gasteiger partial charge on any atom is 0.124 e. The first kappa shape index (κ1) is 15.0. The highest BCUT2D eigenvalue weighted by molar-refractivity contribution is 6.25. The summed E-state index contributed by atoms with van der Waals surface area (Å²) in [5.41, 5.74) is 2.22. The van der Waals surface area contributed by atoms with E-state index in [1.807, 2.05) is 0 Å². The molecule has 0 atom stereocenters. The predicted octanol–water partition coefficient (Wildman–Crippen LogP) is 3.70. The summed E-state index contributed by atoms with van der Waals surface area (Å²) >= 11 is 5.42. The van der Waals surface area contributed by atoms with Gasteiger partial charge in [-0.3, -0.25) is 0 Å². The zero-order valence-electron chi connectivity index (χ0n) is 10.7. The molecule has 0 amide bonds. The van der Waals surface area contributed by atoms with Gasteiger partial charge < -0.3 is 10.1 Å². The van der Waals surface area contributed by atoms with Crippen molar-refractivity contribution in [2.45, 2.75) is 20.4 Å². The standard InChI is InChI=1S/C14H19ClFNO/c1-11(2)9-17-10-12-8-13(16)4-5-14(12)18-7-3-6-15/h3-6,8,11,17H,7,9-10H2,1-2H3/b6-3+. The minimum atomic E-state index is -0.253. The van der Waals surface area contributed by atoms with E-state index in [0.717, 1.165) is 12.1 Å². The van der Waals surface area contributed by atoms with E-state index in [1.54, 1.807) is 12.1 Å². The molecule has 0 aromatic heterocycles. The Morgan fingerprint density at radius 2 is 2.22 bits per heavy atom.